The van der Waals surface area contributed by atoms with Gasteiger partial charge in [0, 0.05) is 23.9 Å². The molecule has 0 aliphatic carbocycles. The number of nitrogens with zero attached hydrogens (tertiary/aromatic N) is 2. The molecule has 0 aliphatic rings. The molecule has 3 aromatic rings. The van der Waals surface area contributed by atoms with E-state index in [0.29, 0.717) is 5.65 Å². The molecular formula is C21H18F2N2O5. The SMILES string of the molecule is COc1cccc(/C=C/C(=O)OCc2cc(=O)n3cc(C)ccc3n2)c1OC(F)F. The van der Waals surface area contributed by atoms with E-state index in [4.69, 9.17) is 9.47 Å². The Kier molecular flexibility index (Phi) is 6.41. The van der Waals surface area contributed by atoms with Crippen molar-refractivity contribution >= 4 is 17.7 Å². The Balaban J connectivity index is 1.72. The van der Waals surface area contributed by atoms with Crippen LogP contribution in [-0.2, 0) is 16.1 Å². The van der Waals surface area contributed by atoms with Crippen LogP contribution < -0.4 is 15.0 Å². The first-order valence-corrected chi connectivity index (χ1v) is 8.83. The van der Waals surface area contributed by atoms with E-state index in [1.165, 1.54) is 35.8 Å². The largest absolute Gasteiger partial charge is 0.493 e. The molecule has 0 fully saturated rings. The zero-order valence-electron chi connectivity index (χ0n) is 16.2. The molecule has 3 rings (SSSR count). The molecule has 30 heavy (non-hydrogen) atoms. The quantitative estimate of drug-likeness (QED) is 0.434. The number of methoxy groups -OCH3 is 1. The van der Waals surface area contributed by atoms with E-state index in [2.05, 4.69) is 9.72 Å². The van der Waals surface area contributed by atoms with Crippen molar-refractivity contribution in [2.45, 2.75) is 20.1 Å². The number of aromatic nitrogens is 2. The molecule has 0 radical (unpaired) electrons. The number of esters is 1. The van der Waals surface area contributed by atoms with Crippen LogP contribution in [0.3, 0.4) is 0 Å². The number of rotatable bonds is 7. The number of pyridine rings is 1. The lowest BCUT2D eigenvalue weighted by Gasteiger charge is -2.12. The average Bonchev–Trinajstić information content (AvgIpc) is 2.71. The van der Waals surface area contributed by atoms with Gasteiger partial charge in [-0.05, 0) is 30.7 Å². The molecule has 1 aromatic carbocycles. The van der Waals surface area contributed by atoms with Crippen molar-refractivity contribution in [3.8, 4) is 11.5 Å². The van der Waals surface area contributed by atoms with E-state index in [-0.39, 0.29) is 34.9 Å². The van der Waals surface area contributed by atoms with Crippen molar-refractivity contribution < 1.29 is 27.8 Å². The molecule has 0 atom stereocenters. The highest BCUT2D eigenvalue weighted by Crippen LogP contribution is 2.33. The van der Waals surface area contributed by atoms with Crippen LogP contribution in [0.4, 0.5) is 8.78 Å². The predicted octanol–water partition coefficient (Wildman–Crippen LogP) is 3.37. The zero-order valence-corrected chi connectivity index (χ0v) is 16.2. The maximum absolute atomic E-state index is 12.7. The molecule has 0 unspecified atom stereocenters. The van der Waals surface area contributed by atoms with Gasteiger partial charge in [0.2, 0.25) is 0 Å². The summed E-state index contributed by atoms with van der Waals surface area (Å²) in [5.74, 6) is -0.841. The number of fused-ring (bicyclic) bond motifs is 1. The van der Waals surface area contributed by atoms with E-state index in [1.807, 2.05) is 13.0 Å². The molecule has 0 saturated carbocycles. The number of benzene rings is 1. The highest BCUT2D eigenvalue weighted by Gasteiger charge is 2.14. The van der Waals surface area contributed by atoms with Gasteiger partial charge < -0.3 is 14.2 Å². The molecule has 9 heteroatoms. The lowest BCUT2D eigenvalue weighted by Crippen LogP contribution is -2.16. The summed E-state index contributed by atoms with van der Waals surface area (Å²) in [4.78, 5) is 28.5. The Morgan fingerprint density at radius 3 is 2.80 bits per heavy atom. The van der Waals surface area contributed by atoms with E-state index >= 15 is 0 Å². The number of hydrogen-bond acceptors (Lipinski definition) is 6. The summed E-state index contributed by atoms with van der Waals surface area (Å²) in [6, 6.07) is 9.29. The van der Waals surface area contributed by atoms with Crippen molar-refractivity contribution in [1.29, 1.82) is 0 Å². The van der Waals surface area contributed by atoms with Crippen molar-refractivity contribution in [3.05, 3.63) is 75.8 Å². The van der Waals surface area contributed by atoms with Gasteiger partial charge in [-0.3, -0.25) is 9.20 Å². The van der Waals surface area contributed by atoms with Gasteiger partial charge in [-0.1, -0.05) is 18.2 Å². The van der Waals surface area contributed by atoms with E-state index < -0.39 is 12.6 Å². The summed E-state index contributed by atoms with van der Waals surface area (Å²) in [6.07, 6.45) is 3.99. The van der Waals surface area contributed by atoms with E-state index in [0.717, 1.165) is 11.6 Å². The van der Waals surface area contributed by atoms with Crippen LogP contribution in [0, 0.1) is 6.92 Å². The number of aryl methyl sites for hydroxylation is 1. The number of alkyl halides is 2. The Hall–Kier alpha value is -3.75. The summed E-state index contributed by atoms with van der Waals surface area (Å²) < 4.78 is 41.3. The summed E-state index contributed by atoms with van der Waals surface area (Å²) in [5, 5.41) is 0. The minimum atomic E-state index is -3.05. The lowest BCUT2D eigenvalue weighted by atomic mass is 10.1. The van der Waals surface area contributed by atoms with Gasteiger partial charge >= 0.3 is 12.6 Å². The highest BCUT2D eigenvalue weighted by molar-refractivity contribution is 5.87. The molecule has 2 heterocycles. The van der Waals surface area contributed by atoms with E-state index in [9.17, 15) is 18.4 Å². The molecule has 0 amide bonds. The Morgan fingerprint density at radius 2 is 2.07 bits per heavy atom. The molecular weight excluding hydrogens is 398 g/mol. The third kappa shape index (κ3) is 4.99. The van der Waals surface area contributed by atoms with Crippen molar-refractivity contribution in [2.24, 2.45) is 0 Å². The van der Waals surface area contributed by atoms with Crippen LogP contribution in [0.5, 0.6) is 11.5 Å². The van der Waals surface area contributed by atoms with Gasteiger partial charge in [0.1, 0.15) is 12.3 Å². The molecule has 0 saturated heterocycles. The molecule has 2 aromatic heterocycles. The number of hydrogen-bond donors (Lipinski definition) is 0. The minimum Gasteiger partial charge on any atom is -0.493 e. The fourth-order valence-corrected chi connectivity index (χ4v) is 2.72. The summed E-state index contributed by atoms with van der Waals surface area (Å²) >= 11 is 0. The summed E-state index contributed by atoms with van der Waals surface area (Å²) in [7, 11) is 1.32. The number of halogens is 2. The van der Waals surface area contributed by atoms with Gasteiger partial charge in [0.25, 0.3) is 5.56 Å². The van der Waals surface area contributed by atoms with Crippen LogP contribution in [0.15, 0.2) is 53.5 Å². The summed E-state index contributed by atoms with van der Waals surface area (Å²) in [5.41, 5.74) is 1.54. The number of para-hydroxylation sites is 1. The third-order valence-electron chi connectivity index (χ3n) is 4.06. The second kappa shape index (κ2) is 9.17. The molecule has 0 spiro atoms. The second-order valence-corrected chi connectivity index (χ2v) is 6.22. The first kappa shape index (κ1) is 21.0. The fourth-order valence-electron chi connectivity index (χ4n) is 2.72. The predicted molar refractivity (Wildman–Crippen MR) is 105 cm³/mol. The Morgan fingerprint density at radius 1 is 1.27 bits per heavy atom. The average molecular weight is 416 g/mol. The lowest BCUT2D eigenvalue weighted by molar-refractivity contribution is -0.139. The molecule has 7 nitrogen and oxygen atoms in total. The standard InChI is InChI=1S/C21H18F2N2O5/c1-13-6-8-17-24-15(10-18(26)25(17)11-13)12-29-19(27)9-7-14-4-3-5-16(28-2)20(14)30-21(22)23/h3-11,21H,12H2,1-2H3/b9-7+. The van der Waals surface area contributed by atoms with E-state index in [1.54, 1.807) is 18.3 Å². The Bertz CT molecular complexity index is 1160. The first-order valence-electron chi connectivity index (χ1n) is 8.83. The number of ether oxygens (including phenoxy) is 3. The number of carbonyl (C=O) groups excluding carboxylic acids is 1. The van der Waals surface area contributed by atoms with Gasteiger partial charge in [0.15, 0.2) is 11.5 Å². The monoisotopic (exact) mass is 416 g/mol. The zero-order chi connectivity index (χ0) is 21.7. The minimum absolute atomic E-state index is 0.0990. The van der Waals surface area contributed by atoms with Crippen LogP contribution in [0.2, 0.25) is 0 Å². The maximum Gasteiger partial charge on any atom is 0.387 e. The van der Waals surface area contributed by atoms with Gasteiger partial charge in [-0.2, -0.15) is 8.78 Å². The third-order valence-corrected chi connectivity index (χ3v) is 4.06. The second-order valence-electron chi connectivity index (χ2n) is 6.22. The molecule has 0 N–H and O–H groups in total. The normalized spacial score (nSPS) is 11.2. The molecule has 0 aliphatic heterocycles. The highest BCUT2D eigenvalue weighted by atomic mass is 19.3. The first-order chi connectivity index (χ1) is 14.4. The maximum atomic E-state index is 12.7. The molecule has 156 valence electrons. The number of carbonyl (C=O) groups is 1. The van der Waals surface area contributed by atoms with Crippen LogP contribution in [-0.4, -0.2) is 29.1 Å². The van der Waals surface area contributed by atoms with Gasteiger partial charge in [-0.15, -0.1) is 0 Å². The fraction of sp³-hybridized carbons (Fsp3) is 0.190. The van der Waals surface area contributed by atoms with Crippen LogP contribution in [0.25, 0.3) is 11.7 Å². The van der Waals surface area contributed by atoms with Crippen molar-refractivity contribution in [3.63, 3.8) is 0 Å². The van der Waals surface area contributed by atoms with Gasteiger partial charge in [0.05, 0.1) is 12.8 Å². The van der Waals surface area contributed by atoms with Crippen LogP contribution >= 0.6 is 0 Å². The van der Waals surface area contributed by atoms with Crippen molar-refractivity contribution in [1.82, 2.24) is 9.38 Å². The molecule has 0 bridgehead atoms. The van der Waals surface area contributed by atoms with Crippen molar-refractivity contribution in [2.75, 3.05) is 7.11 Å². The summed E-state index contributed by atoms with van der Waals surface area (Å²) in [6.45, 7) is -1.42. The topological polar surface area (TPSA) is 79.1 Å². The Labute approximate surface area is 170 Å². The van der Waals surface area contributed by atoms with Gasteiger partial charge in [-0.25, -0.2) is 9.78 Å². The van der Waals surface area contributed by atoms with Crippen LogP contribution in [0.1, 0.15) is 16.8 Å². The smallest absolute Gasteiger partial charge is 0.387 e.